The topological polar surface area (TPSA) is 105 Å². The minimum absolute atomic E-state index is 0.159. The van der Waals surface area contributed by atoms with Gasteiger partial charge in [-0.15, -0.1) is 0 Å². The summed E-state index contributed by atoms with van der Waals surface area (Å²) in [6.45, 7) is 1.52. The number of benzene rings is 2. The van der Waals surface area contributed by atoms with E-state index in [1.807, 2.05) is 41.3 Å². The second kappa shape index (κ2) is 9.20. The van der Waals surface area contributed by atoms with Crippen LogP contribution >= 0.6 is 0 Å². The van der Waals surface area contributed by atoms with Crippen LogP contribution in [-0.2, 0) is 20.8 Å². The van der Waals surface area contributed by atoms with Gasteiger partial charge in [0.1, 0.15) is 6.04 Å². The van der Waals surface area contributed by atoms with Gasteiger partial charge in [0.25, 0.3) is 0 Å². The first kappa shape index (κ1) is 20.9. The van der Waals surface area contributed by atoms with Gasteiger partial charge in [-0.1, -0.05) is 24.3 Å². The van der Waals surface area contributed by atoms with E-state index < -0.39 is 0 Å². The van der Waals surface area contributed by atoms with E-state index >= 15 is 0 Å². The number of nitrogens with two attached hydrogens (primary N) is 1. The molecule has 4 N–H and O–H groups in total. The molecule has 7 heteroatoms. The van der Waals surface area contributed by atoms with Crippen LogP contribution in [0, 0.1) is 0 Å². The highest BCUT2D eigenvalue weighted by Gasteiger charge is 2.27. The van der Waals surface area contributed by atoms with Gasteiger partial charge >= 0.3 is 0 Å². The summed E-state index contributed by atoms with van der Waals surface area (Å²) >= 11 is 0. The third-order valence-corrected chi connectivity index (χ3v) is 6.14. The fourth-order valence-corrected chi connectivity index (χ4v) is 4.27. The Hall–Kier alpha value is -3.35. The maximum atomic E-state index is 12.6. The molecule has 2 aliphatic heterocycles. The average Bonchev–Trinajstić information content (AvgIpc) is 2.78. The van der Waals surface area contributed by atoms with Crippen molar-refractivity contribution in [1.82, 2.24) is 10.2 Å². The molecule has 3 amide bonds. The van der Waals surface area contributed by atoms with Gasteiger partial charge in [-0.2, -0.15) is 0 Å². The molecule has 0 spiro atoms. The zero-order chi connectivity index (χ0) is 21.8. The van der Waals surface area contributed by atoms with E-state index in [2.05, 4.69) is 22.8 Å². The lowest BCUT2D eigenvalue weighted by Crippen LogP contribution is -2.47. The number of carbonyl (C=O) groups excluding carboxylic acids is 3. The molecule has 0 radical (unpaired) electrons. The molecule has 2 aromatic rings. The number of hydrogen-bond acceptors (Lipinski definition) is 5. The summed E-state index contributed by atoms with van der Waals surface area (Å²) in [5, 5.41) is 5.57. The first-order chi connectivity index (χ1) is 15.0. The monoisotopic (exact) mass is 420 g/mol. The lowest BCUT2D eigenvalue weighted by molar-refractivity contribution is -0.134. The fourth-order valence-electron chi connectivity index (χ4n) is 4.27. The van der Waals surface area contributed by atoms with Crippen molar-refractivity contribution in [2.75, 3.05) is 24.1 Å². The van der Waals surface area contributed by atoms with Gasteiger partial charge in [-0.3, -0.25) is 19.7 Å². The van der Waals surface area contributed by atoms with E-state index in [1.54, 1.807) is 0 Å². The van der Waals surface area contributed by atoms with Gasteiger partial charge in [0.15, 0.2) is 0 Å². The number of imide groups is 1. The highest BCUT2D eigenvalue weighted by atomic mass is 16.2. The van der Waals surface area contributed by atoms with Crippen LogP contribution in [0.2, 0.25) is 0 Å². The van der Waals surface area contributed by atoms with E-state index in [0.29, 0.717) is 30.9 Å². The minimum Gasteiger partial charge on any atom is -0.399 e. The van der Waals surface area contributed by atoms with Gasteiger partial charge in [0.05, 0.1) is 6.42 Å². The first-order valence-electron chi connectivity index (χ1n) is 10.8. The summed E-state index contributed by atoms with van der Waals surface area (Å²) in [5.41, 5.74) is 9.52. The normalized spacial score (nSPS) is 19.7. The molecule has 2 aromatic carbocycles. The van der Waals surface area contributed by atoms with E-state index in [4.69, 9.17) is 5.73 Å². The Kier molecular flexibility index (Phi) is 6.21. The molecule has 2 fully saturated rings. The van der Waals surface area contributed by atoms with Crippen LogP contribution in [0.15, 0.2) is 48.5 Å². The molecule has 1 unspecified atom stereocenters. The zero-order valence-corrected chi connectivity index (χ0v) is 17.5. The molecule has 2 aliphatic rings. The molecule has 2 heterocycles. The van der Waals surface area contributed by atoms with Gasteiger partial charge in [0, 0.05) is 30.9 Å². The van der Waals surface area contributed by atoms with Crippen LogP contribution in [0.5, 0.6) is 0 Å². The number of amides is 3. The molecule has 0 bridgehead atoms. The van der Waals surface area contributed by atoms with Crippen LogP contribution < -0.4 is 16.4 Å². The second-order valence-corrected chi connectivity index (χ2v) is 8.34. The number of hydrogen-bond donors (Lipinski definition) is 3. The third-order valence-electron chi connectivity index (χ3n) is 6.14. The Balaban J connectivity index is 1.27. The van der Waals surface area contributed by atoms with Gasteiger partial charge < -0.3 is 16.0 Å². The summed E-state index contributed by atoms with van der Waals surface area (Å²) in [6, 6.07) is 15.2. The molecule has 31 heavy (non-hydrogen) atoms. The van der Waals surface area contributed by atoms with Crippen molar-refractivity contribution in [1.29, 1.82) is 0 Å². The van der Waals surface area contributed by atoms with Gasteiger partial charge in [0.2, 0.25) is 17.7 Å². The highest BCUT2D eigenvalue weighted by Crippen LogP contribution is 2.29. The van der Waals surface area contributed by atoms with E-state index in [0.717, 1.165) is 37.2 Å². The maximum absolute atomic E-state index is 12.6. The number of nitrogens with zero attached hydrogens (tertiary/aromatic N) is 1. The van der Waals surface area contributed by atoms with Crippen molar-refractivity contribution in [3.8, 4) is 0 Å². The van der Waals surface area contributed by atoms with Gasteiger partial charge in [-0.05, 0) is 60.6 Å². The van der Waals surface area contributed by atoms with Crippen LogP contribution in [0.25, 0.3) is 0 Å². The quantitative estimate of drug-likeness (QED) is 0.509. The molecular weight excluding hydrogens is 392 g/mol. The lowest BCUT2D eigenvalue weighted by Gasteiger charge is -2.32. The summed E-state index contributed by atoms with van der Waals surface area (Å²) < 4.78 is 0. The minimum atomic E-state index is -0.376. The first-order valence-corrected chi connectivity index (χ1v) is 10.8. The Morgan fingerprint density at radius 3 is 2.32 bits per heavy atom. The molecule has 1 atom stereocenters. The van der Waals surface area contributed by atoms with Crippen molar-refractivity contribution in [3.05, 3.63) is 59.7 Å². The third kappa shape index (κ3) is 5.23. The summed E-state index contributed by atoms with van der Waals surface area (Å²) in [5.74, 6) is 0.102. The van der Waals surface area contributed by atoms with E-state index in [-0.39, 0.29) is 23.8 Å². The van der Waals surface area contributed by atoms with Crippen molar-refractivity contribution in [2.45, 2.75) is 44.1 Å². The molecule has 162 valence electrons. The summed E-state index contributed by atoms with van der Waals surface area (Å²) in [4.78, 5) is 37.7. The van der Waals surface area contributed by atoms with Crippen LogP contribution in [0.3, 0.4) is 0 Å². The molecule has 4 rings (SSSR count). The summed E-state index contributed by atoms with van der Waals surface area (Å²) in [7, 11) is 0. The maximum Gasteiger partial charge on any atom is 0.249 e. The predicted molar refractivity (Wildman–Crippen MR) is 119 cm³/mol. The molecule has 2 saturated heterocycles. The van der Waals surface area contributed by atoms with Crippen LogP contribution in [0.4, 0.5) is 11.4 Å². The number of nitrogen functional groups attached to an aromatic ring is 1. The van der Waals surface area contributed by atoms with E-state index in [1.165, 1.54) is 5.56 Å². The smallest absolute Gasteiger partial charge is 0.249 e. The van der Waals surface area contributed by atoms with Crippen molar-refractivity contribution < 1.29 is 14.4 Å². The van der Waals surface area contributed by atoms with Gasteiger partial charge in [-0.25, -0.2) is 0 Å². The number of rotatable bonds is 5. The number of nitrogens with one attached hydrogen (secondary N) is 2. The highest BCUT2D eigenvalue weighted by molar-refractivity contribution is 6.01. The van der Waals surface area contributed by atoms with Crippen molar-refractivity contribution in [2.24, 2.45) is 0 Å². The number of likely N-dealkylation sites (tertiary alicyclic amines) is 1. The standard InChI is InChI=1S/C24H28N4O3/c25-19-5-1-16(2-6-19)15-23(30)28-13-11-18(12-14-28)17-3-7-20(8-4-17)26-21-9-10-22(29)27-24(21)31/h1-8,18,21,26H,9-15,25H2,(H,27,29,31). The number of piperidine rings is 2. The SMILES string of the molecule is Nc1ccc(CC(=O)N2CCC(c3ccc(NC4CCC(=O)NC4=O)cc3)CC2)cc1. The molecular formula is C24H28N4O3. The number of carbonyl (C=O) groups is 3. The molecule has 0 saturated carbocycles. The second-order valence-electron chi connectivity index (χ2n) is 8.34. The fraction of sp³-hybridized carbons (Fsp3) is 0.375. The van der Waals surface area contributed by atoms with Crippen molar-refractivity contribution in [3.63, 3.8) is 0 Å². The molecule has 7 nitrogen and oxygen atoms in total. The average molecular weight is 421 g/mol. The summed E-state index contributed by atoms with van der Waals surface area (Å²) in [6.07, 6.45) is 3.15. The molecule has 0 aromatic heterocycles. The van der Waals surface area contributed by atoms with Crippen LogP contribution in [-0.4, -0.2) is 41.8 Å². The number of anilines is 2. The predicted octanol–water partition coefficient (Wildman–Crippen LogP) is 2.43. The van der Waals surface area contributed by atoms with Crippen molar-refractivity contribution >= 4 is 29.1 Å². The largest absolute Gasteiger partial charge is 0.399 e. The molecule has 0 aliphatic carbocycles. The Labute approximate surface area is 182 Å². The van der Waals surface area contributed by atoms with E-state index in [9.17, 15) is 14.4 Å². The zero-order valence-electron chi connectivity index (χ0n) is 17.5. The van der Waals surface area contributed by atoms with Crippen LogP contribution in [0.1, 0.15) is 42.7 Å². The Morgan fingerprint density at radius 2 is 1.68 bits per heavy atom. The Morgan fingerprint density at radius 1 is 1.00 bits per heavy atom. The lowest BCUT2D eigenvalue weighted by atomic mass is 9.89. The Bertz CT molecular complexity index is 948.